The van der Waals surface area contributed by atoms with Crippen LogP contribution in [0.5, 0.6) is 0 Å². The molecular weight excluding hydrogens is 620 g/mol. The molecule has 2 aliphatic heterocycles. The molecule has 12 heteroatoms. The molecule has 264 valence electrons. The summed E-state index contributed by atoms with van der Waals surface area (Å²) in [6.45, 7) is 11.0. The van der Waals surface area contributed by atoms with Crippen LogP contribution >= 0.6 is 11.8 Å². The van der Waals surface area contributed by atoms with E-state index in [9.17, 15) is 14.4 Å². The maximum atomic E-state index is 13.7. The van der Waals surface area contributed by atoms with E-state index >= 15 is 0 Å². The van der Waals surface area contributed by atoms with Crippen LogP contribution in [0.4, 0.5) is 0 Å². The minimum absolute atomic E-state index is 0.0366. The molecule has 0 radical (unpaired) electrons. The van der Waals surface area contributed by atoms with Gasteiger partial charge in [0.1, 0.15) is 18.3 Å². The fraction of sp³-hybridized carbons (Fsp3) is 0.714. The number of hydrogen-bond acceptors (Lipinski definition) is 9. The number of amides is 3. The lowest BCUT2D eigenvalue weighted by Crippen LogP contribution is -2.52. The standard InChI is InChI=1S/C35H56N4O7S/c1-10-22(4)29(39(6)35(42)23(5)21(2)3)26(43-7)19-28(40)37-20-27-30(44-8)31(45-9)32(46-27)33(41)38-25(34-36-16-17-47-34)18-24-14-12-11-13-15-24/h11-15,21-23,25-27,29-32H,10,16-20H2,1-9H3,(H,37,40)(H,38,41)/t22-,23-,25-,26-,27+,29?,30+,31-,32-/m0/s1. The van der Waals surface area contributed by atoms with Gasteiger partial charge in [0.25, 0.3) is 5.91 Å². The van der Waals surface area contributed by atoms with Crippen molar-refractivity contribution >= 4 is 34.5 Å². The number of thioether (sulfide) groups is 1. The highest BCUT2D eigenvalue weighted by atomic mass is 32.2. The van der Waals surface area contributed by atoms with Gasteiger partial charge >= 0.3 is 0 Å². The number of likely N-dealkylation sites (N-methyl/N-ethyl adjacent to an activating group) is 1. The average Bonchev–Trinajstić information content (AvgIpc) is 3.74. The first-order chi connectivity index (χ1) is 22.5. The lowest BCUT2D eigenvalue weighted by molar-refractivity contribution is -0.144. The van der Waals surface area contributed by atoms with Crippen LogP contribution in [0.1, 0.15) is 53.0 Å². The Kier molecular flexibility index (Phi) is 15.6. The van der Waals surface area contributed by atoms with E-state index in [0.29, 0.717) is 6.42 Å². The Morgan fingerprint density at radius 2 is 1.74 bits per heavy atom. The van der Waals surface area contributed by atoms with Crippen molar-refractivity contribution in [3.05, 3.63) is 35.9 Å². The number of nitrogens with zero attached hydrogens (tertiary/aromatic N) is 2. The first-order valence-electron chi connectivity index (χ1n) is 16.8. The molecule has 3 rings (SSSR count). The van der Waals surface area contributed by atoms with E-state index in [-0.39, 0.29) is 60.5 Å². The second-order valence-electron chi connectivity index (χ2n) is 13.0. The van der Waals surface area contributed by atoms with Gasteiger partial charge in [-0.15, -0.1) is 11.8 Å². The third-order valence-electron chi connectivity index (χ3n) is 9.60. The largest absolute Gasteiger partial charge is 0.379 e. The minimum Gasteiger partial charge on any atom is -0.379 e. The van der Waals surface area contributed by atoms with E-state index in [4.69, 9.17) is 18.9 Å². The Hall–Kier alpha value is -2.51. The fourth-order valence-electron chi connectivity index (χ4n) is 6.32. The lowest BCUT2D eigenvalue weighted by atomic mass is 9.89. The predicted molar refractivity (Wildman–Crippen MR) is 186 cm³/mol. The monoisotopic (exact) mass is 676 g/mol. The summed E-state index contributed by atoms with van der Waals surface area (Å²) in [7, 11) is 6.44. The Balaban J connectivity index is 1.67. The quantitative estimate of drug-likeness (QED) is 0.243. The molecule has 1 fully saturated rings. The van der Waals surface area contributed by atoms with E-state index in [1.54, 1.807) is 37.9 Å². The van der Waals surface area contributed by atoms with Gasteiger partial charge in [-0.2, -0.15) is 0 Å². The van der Waals surface area contributed by atoms with Crippen LogP contribution in [0.2, 0.25) is 0 Å². The zero-order valence-electron chi connectivity index (χ0n) is 29.6. The van der Waals surface area contributed by atoms with Gasteiger partial charge in [-0.3, -0.25) is 19.4 Å². The third kappa shape index (κ3) is 10.2. The first-order valence-corrected chi connectivity index (χ1v) is 17.7. The zero-order chi connectivity index (χ0) is 34.7. The van der Waals surface area contributed by atoms with Crippen LogP contribution in [0.25, 0.3) is 0 Å². The zero-order valence-corrected chi connectivity index (χ0v) is 30.4. The van der Waals surface area contributed by atoms with E-state index in [2.05, 4.69) is 29.5 Å². The summed E-state index contributed by atoms with van der Waals surface area (Å²) in [6.07, 6.45) is -1.86. The maximum Gasteiger partial charge on any atom is 0.252 e. The molecule has 0 spiro atoms. The lowest BCUT2D eigenvalue weighted by Gasteiger charge is -2.39. The van der Waals surface area contributed by atoms with Crippen molar-refractivity contribution in [3.63, 3.8) is 0 Å². The fourth-order valence-corrected chi connectivity index (χ4v) is 7.23. The Bertz CT molecular complexity index is 1190. The SMILES string of the molecule is CC[C@H](C)C([C@H](CC(=O)NC[C@H]1O[C@H](C(=O)N[C@@H](Cc2ccccc2)C2=NCCS2)[C@@H](OC)[C@@H]1OC)OC)N(C)C(=O)[C@@H](C)C(C)C. The number of hydrogen-bond donors (Lipinski definition) is 2. The highest BCUT2D eigenvalue weighted by Crippen LogP contribution is 2.28. The molecule has 1 aromatic rings. The second-order valence-corrected chi connectivity index (χ2v) is 14.1. The highest BCUT2D eigenvalue weighted by molar-refractivity contribution is 8.14. The molecular formula is C35H56N4O7S. The van der Waals surface area contributed by atoms with E-state index in [0.717, 1.165) is 29.3 Å². The number of carbonyl (C=O) groups is 3. The Morgan fingerprint density at radius 3 is 2.30 bits per heavy atom. The molecule has 0 aromatic heterocycles. The minimum atomic E-state index is -0.943. The van der Waals surface area contributed by atoms with E-state index in [1.807, 2.05) is 51.1 Å². The van der Waals surface area contributed by atoms with Crippen LogP contribution in [-0.2, 0) is 39.8 Å². The summed E-state index contributed by atoms with van der Waals surface area (Å²) < 4.78 is 23.6. The molecule has 2 N–H and O–H groups in total. The van der Waals surface area contributed by atoms with E-state index < -0.39 is 30.5 Å². The van der Waals surface area contributed by atoms with Gasteiger partial charge in [-0.25, -0.2) is 0 Å². The van der Waals surface area contributed by atoms with Crippen LogP contribution in [0, 0.1) is 17.8 Å². The van der Waals surface area contributed by atoms with Crippen LogP contribution in [-0.4, -0.2) is 117 Å². The molecule has 1 unspecified atom stereocenters. The molecule has 0 saturated carbocycles. The summed E-state index contributed by atoms with van der Waals surface area (Å²) >= 11 is 1.65. The highest BCUT2D eigenvalue weighted by Gasteiger charge is 2.49. The molecule has 0 aliphatic carbocycles. The van der Waals surface area contributed by atoms with Gasteiger partial charge in [0, 0.05) is 53.1 Å². The van der Waals surface area contributed by atoms with Crippen LogP contribution in [0.3, 0.4) is 0 Å². The molecule has 47 heavy (non-hydrogen) atoms. The number of aliphatic imine (C=N–C) groups is 1. The molecule has 9 atom stereocenters. The number of nitrogens with one attached hydrogen (secondary N) is 2. The van der Waals surface area contributed by atoms with Gasteiger partial charge in [0.15, 0.2) is 6.10 Å². The van der Waals surface area contributed by atoms with Crippen molar-refractivity contribution in [2.24, 2.45) is 22.7 Å². The van der Waals surface area contributed by atoms with Gasteiger partial charge < -0.3 is 34.5 Å². The molecule has 1 saturated heterocycles. The summed E-state index contributed by atoms with van der Waals surface area (Å²) in [6, 6.07) is 9.41. The predicted octanol–water partition coefficient (Wildman–Crippen LogP) is 3.34. The summed E-state index contributed by atoms with van der Waals surface area (Å²) in [4.78, 5) is 46.7. The van der Waals surface area contributed by atoms with Crippen molar-refractivity contribution in [2.45, 2.75) is 96.5 Å². The van der Waals surface area contributed by atoms with Crippen molar-refractivity contribution in [2.75, 3.05) is 47.2 Å². The average molecular weight is 677 g/mol. The number of benzene rings is 1. The normalized spacial score (nSPS) is 24.3. The van der Waals surface area contributed by atoms with Gasteiger partial charge in [0.2, 0.25) is 11.8 Å². The molecule has 3 amide bonds. The van der Waals surface area contributed by atoms with Crippen LogP contribution in [0.15, 0.2) is 35.3 Å². The number of methoxy groups -OCH3 is 3. The number of rotatable bonds is 18. The van der Waals surface area contributed by atoms with Crippen molar-refractivity contribution < 1.29 is 33.3 Å². The smallest absolute Gasteiger partial charge is 0.252 e. The van der Waals surface area contributed by atoms with Gasteiger partial charge in [-0.05, 0) is 23.8 Å². The number of carbonyl (C=O) groups excluding carboxylic acids is 3. The van der Waals surface area contributed by atoms with Crippen molar-refractivity contribution in [1.29, 1.82) is 0 Å². The molecule has 2 aliphatic rings. The van der Waals surface area contributed by atoms with Crippen molar-refractivity contribution in [1.82, 2.24) is 15.5 Å². The summed E-state index contributed by atoms with van der Waals surface area (Å²) in [5.41, 5.74) is 1.09. The molecule has 1 aromatic carbocycles. The van der Waals surface area contributed by atoms with Gasteiger partial charge in [0.05, 0.1) is 29.7 Å². The number of ether oxygens (including phenoxy) is 4. The molecule has 11 nitrogen and oxygen atoms in total. The third-order valence-corrected chi connectivity index (χ3v) is 10.7. The van der Waals surface area contributed by atoms with Crippen molar-refractivity contribution in [3.8, 4) is 0 Å². The van der Waals surface area contributed by atoms with Crippen LogP contribution < -0.4 is 10.6 Å². The van der Waals surface area contributed by atoms with Gasteiger partial charge in [-0.1, -0.05) is 71.4 Å². The Morgan fingerprint density at radius 1 is 1.06 bits per heavy atom. The molecule has 0 bridgehead atoms. The molecule has 2 heterocycles. The summed E-state index contributed by atoms with van der Waals surface area (Å²) in [5.74, 6) is 0.508. The topological polar surface area (TPSA) is 128 Å². The summed E-state index contributed by atoms with van der Waals surface area (Å²) in [5, 5.41) is 7.01. The first kappa shape index (κ1) is 38.9. The maximum absolute atomic E-state index is 13.7. The second kappa shape index (κ2) is 18.9. The Labute approximate surface area is 285 Å². The van der Waals surface area contributed by atoms with E-state index in [1.165, 1.54) is 7.11 Å².